The van der Waals surface area contributed by atoms with Crippen LogP contribution >= 0.6 is 0 Å². The van der Waals surface area contributed by atoms with Crippen molar-refractivity contribution in [3.8, 4) is 5.75 Å². The highest BCUT2D eigenvalue weighted by Crippen LogP contribution is 2.21. The van der Waals surface area contributed by atoms with E-state index in [0.29, 0.717) is 18.7 Å². The predicted octanol–water partition coefficient (Wildman–Crippen LogP) is 2.71. The van der Waals surface area contributed by atoms with Gasteiger partial charge in [0.2, 0.25) is 5.91 Å². The van der Waals surface area contributed by atoms with E-state index in [0.717, 1.165) is 25.9 Å². The Morgan fingerprint density at radius 2 is 1.88 bits per heavy atom. The maximum absolute atomic E-state index is 12.0. The summed E-state index contributed by atoms with van der Waals surface area (Å²) in [6.07, 6.45) is 1.65. The molecule has 0 radical (unpaired) electrons. The molecule has 7 heteroatoms. The van der Waals surface area contributed by atoms with E-state index in [4.69, 9.17) is 4.74 Å². The van der Waals surface area contributed by atoms with Crippen LogP contribution in [0.1, 0.15) is 40.0 Å². The number of hydrogen-bond donors (Lipinski definition) is 3. The molecular weight excluding hydrogens is 334 g/mol. The number of hydrogen-bond acceptors (Lipinski definition) is 5. The summed E-state index contributed by atoms with van der Waals surface area (Å²) in [5.74, 6) is -0.0598. The third-order valence-electron chi connectivity index (χ3n) is 4.14. The van der Waals surface area contributed by atoms with Gasteiger partial charge in [-0.15, -0.1) is 0 Å². The number of likely N-dealkylation sites (tertiary alicyclic amines) is 1. The van der Waals surface area contributed by atoms with E-state index in [-0.39, 0.29) is 23.8 Å². The third kappa shape index (κ3) is 6.92. The highest BCUT2D eigenvalue weighted by molar-refractivity contribution is 5.92. The van der Waals surface area contributed by atoms with Crippen LogP contribution in [-0.2, 0) is 9.53 Å². The van der Waals surface area contributed by atoms with E-state index in [1.807, 2.05) is 20.8 Å². The van der Waals surface area contributed by atoms with Crippen molar-refractivity contribution in [3.05, 3.63) is 24.3 Å². The minimum absolute atomic E-state index is 0.0647. The Morgan fingerprint density at radius 3 is 2.50 bits per heavy atom. The van der Waals surface area contributed by atoms with Gasteiger partial charge in [0, 0.05) is 32.1 Å². The van der Waals surface area contributed by atoms with E-state index in [9.17, 15) is 14.7 Å². The third-order valence-corrected chi connectivity index (χ3v) is 4.14. The molecule has 2 rings (SSSR count). The minimum Gasteiger partial charge on any atom is -0.506 e. The Morgan fingerprint density at radius 1 is 1.23 bits per heavy atom. The number of benzene rings is 1. The fourth-order valence-electron chi connectivity index (χ4n) is 2.83. The molecule has 1 fully saturated rings. The maximum atomic E-state index is 12.0. The lowest BCUT2D eigenvalue weighted by Gasteiger charge is -2.32. The maximum Gasteiger partial charge on any atom is 0.407 e. The van der Waals surface area contributed by atoms with E-state index < -0.39 is 5.60 Å². The van der Waals surface area contributed by atoms with Crippen LogP contribution < -0.4 is 10.6 Å². The Bertz CT molecular complexity index is 619. The molecular formula is C19H29N3O4. The van der Waals surface area contributed by atoms with Gasteiger partial charge in [0.1, 0.15) is 11.4 Å². The van der Waals surface area contributed by atoms with E-state index in [1.165, 1.54) is 6.07 Å². The van der Waals surface area contributed by atoms with E-state index >= 15 is 0 Å². The minimum atomic E-state index is -0.495. The molecule has 1 aromatic carbocycles. The van der Waals surface area contributed by atoms with Crippen molar-refractivity contribution in [2.45, 2.75) is 51.7 Å². The molecule has 0 unspecified atom stereocenters. The number of piperidine rings is 1. The second-order valence-electron chi connectivity index (χ2n) is 7.58. The van der Waals surface area contributed by atoms with Crippen LogP contribution in [0.2, 0.25) is 0 Å². The molecule has 7 nitrogen and oxygen atoms in total. The lowest BCUT2D eigenvalue weighted by molar-refractivity contribution is -0.116. The molecule has 144 valence electrons. The van der Waals surface area contributed by atoms with Gasteiger partial charge in [0.25, 0.3) is 0 Å². The Balaban J connectivity index is 1.66. The van der Waals surface area contributed by atoms with E-state index in [1.54, 1.807) is 18.2 Å². The van der Waals surface area contributed by atoms with Crippen molar-refractivity contribution >= 4 is 17.7 Å². The van der Waals surface area contributed by atoms with Crippen LogP contribution in [0.4, 0.5) is 10.5 Å². The number of alkyl carbamates (subject to hydrolysis) is 1. The lowest BCUT2D eigenvalue weighted by atomic mass is 10.1. The molecule has 0 bridgehead atoms. The van der Waals surface area contributed by atoms with Crippen molar-refractivity contribution in [1.82, 2.24) is 10.2 Å². The molecule has 0 atom stereocenters. The smallest absolute Gasteiger partial charge is 0.407 e. The Labute approximate surface area is 154 Å². The van der Waals surface area contributed by atoms with Gasteiger partial charge in [-0.3, -0.25) is 4.79 Å². The number of rotatable bonds is 5. The molecule has 0 spiro atoms. The summed E-state index contributed by atoms with van der Waals surface area (Å²) in [4.78, 5) is 26.0. The number of phenolic OH excluding ortho intramolecular Hbond substituents is 1. The zero-order valence-electron chi connectivity index (χ0n) is 15.7. The van der Waals surface area contributed by atoms with Crippen LogP contribution in [0.15, 0.2) is 24.3 Å². The number of carbonyl (C=O) groups is 2. The van der Waals surface area contributed by atoms with Crippen molar-refractivity contribution in [2.24, 2.45) is 0 Å². The average molecular weight is 363 g/mol. The topological polar surface area (TPSA) is 90.9 Å². The monoisotopic (exact) mass is 363 g/mol. The molecule has 1 aromatic rings. The van der Waals surface area contributed by atoms with Gasteiger partial charge in [-0.2, -0.15) is 0 Å². The quantitative estimate of drug-likeness (QED) is 0.700. The average Bonchev–Trinajstić information content (AvgIpc) is 2.54. The molecule has 1 aliphatic rings. The number of nitrogens with zero attached hydrogens (tertiary/aromatic N) is 1. The van der Waals surface area contributed by atoms with Gasteiger partial charge >= 0.3 is 6.09 Å². The molecule has 0 aromatic heterocycles. The molecule has 1 heterocycles. The van der Waals surface area contributed by atoms with Crippen LogP contribution in [0.5, 0.6) is 5.75 Å². The standard InChI is InChI=1S/C19H29N3O4/c1-19(2,3)26-18(25)20-14-8-11-22(12-9-14)13-10-17(24)21-15-6-4-5-7-16(15)23/h4-7,14,23H,8-13H2,1-3H3,(H,20,25)(H,21,24). The molecule has 1 saturated heterocycles. The molecule has 3 N–H and O–H groups in total. The Kier molecular flexibility index (Phi) is 6.85. The summed E-state index contributed by atoms with van der Waals surface area (Å²) in [6.45, 7) is 7.83. The fraction of sp³-hybridized carbons (Fsp3) is 0.579. The molecule has 0 aliphatic carbocycles. The number of ether oxygens (including phenoxy) is 1. The number of phenols is 1. The molecule has 1 aliphatic heterocycles. The van der Waals surface area contributed by atoms with Crippen molar-refractivity contribution in [1.29, 1.82) is 0 Å². The Hall–Kier alpha value is -2.28. The van der Waals surface area contributed by atoms with Gasteiger partial charge in [-0.1, -0.05) is 12.1 Å². The number of aromatic hydroxyl groups is 1. The van der Waals surface area contributed by atoms with Crippen LogP contribution in [-0.4, -0.2) is 53.3 Å². The first-order valence-corrected chi connectivity index (χ1v) is 9.02. The van der Waals surface area contributed by atoms with Crippen molar-refractivity contribution < 1.29 is 19.4 Å². The van der Waals surface area contributed by atoms with Crippen molar-refractivity contribution in [3.63, 3.8) is 0 Å². The molecule has 0 saturated carbocycles. The largest absolute Gasteiger partial charge is 0.506 e. The SMILES string of the molecule is CC(C)(C)OC(=O)NC1CCN(CCC(=O)Nc2ccccc2O)CC1. The van der Waals surface area contributed by atoms with E-state index in [2.05, 4.69) is 15.5 Å². The number of anilines is 1. The van der Waals surface area contributed by atoms with Crippen LogP contribution in [0.25, 0.3) is 0 Å². The van der Waals surface area contributed by atoms with Gasteiger partial charge in [-0.25, -0.2) is 4.79 Å². The second kappa shape index (κ2) is 8.89. The highest BCUT2D eigenvalue weighted by atomic mass is 16.6. The number of amides is 2. The first-order valence-electron chi connectivity index (χ1n) is 9.02. The van der Waals surface area contributed by atoms with Crippen LogP contribution in [0.3, 0.4) is 0 Å². The van der Waals surface area contributed by atoms with Gasteiger partial charge in [0.05, 0.1) is 5.69 Å². The van der Waals surface area contributed by atoms with Gasteiger partial charge in [0.15, 0.2) is 0 Å². The number of para-hydroxylation sites is 2. The molecule has 2 amide bonds. The number of carbonyl (C=O) groups excluding carboxylic acids is 2. The summed E-state index contributed by atoms with van der Waals surface area (Å²) in [5.41, 5.74) is -0.0662. The molecule has 26 heavy (non-hydrogen) atoms. The van der Waals surface area contributed by atoms with Crippen molar-refractivity contribution in [2.75, 3.05) is 25.0 Å². The zero-order valence-corrected chi connectivity index (χ0v) is 15.7. The highest BCUT2D eigenvalue weighted by Gasteiger charge is 2.23. The second-order valence-corrected chi connectivity index (χ2v) is 7.58. The summed E-state index contributed by atoms with van der Waals surface area (Å²) < 4.78 is 5.28. The van der Waals surface area contributed by atoms with Gasteiger partial charge < -0.3 is 25.4 Å². The summed E-state index contributed by atoms with van der Waals surface area (Å²) in [6, 6.07) is 6.79. The summed E-state index contributed by atoms with van der Waals surface area (Å²) >= 11 is 0. The summed E-state index contributed by atoms with van der Waals surface area (Å²) in [7, 11) is 0. The lowest BCUT2D eigenvalue weighted by Crippen LogP contribution is -2.46. The normalized spacial score (nSPS) is 16.1. The first-order chi connectivity index (χ1) is 12.2. The summed E-state index contributed by atoms with van der Waals surface area (Å²) in [5, 5.41) is 15.3. The fourth-order valence-corrected chi connectivity index (χ4v) is 2.83. The first kappa shape index (κ1) is 20.0. The number of nitrogens with one attached hydrogen (secondary N) is 2. The zero-order chi connectivity index (χ0) is 19.2. The predicted molar refractivity (Wildman–Crippen MR) is 100 cm³/mol. The van der Waals surface area contributed by atoms with Crippen LogP contribution in [0, 0.1) is 0 Å². The van der Waals surface area contributed by atoms with Gasteiger partial charge in [-0.05, 0) is 45.7 Å².